The van der Waals surface area contributed by atoms with E-state index in [1.807, 2.05) is 0 Å². The lowest BCUT2D eigenvalue weighted by atomic mass is 10.2. The molecular weight excluding hydrogens is 223 g/mol. The molecule has 3 N–H and O–H groups in total. The number of rotatable bonds is 4. The van der Waals surface area contributed by atoms with Crippen LogP contribution in [0.2, 0.25) is 0 Å². The Bertz CT molecular complexity index is 480. The first kappa shape index (κ1) is 11.5. The minimum atomic E-state index is -0.288. The summed E-state index contributed by atoms with van der Waals surface area (Å²) in [5.74, 6) is 0.123. The van der Waals surface area contributed by atoms with Crippen LogP contribution in [0.1, 0.15) is 24.4 Å². The van der Waals surface area contributed by atoms with Crippen LogP contribution in [-0.2, 0) is 6.54 Å². The van der Waals surface area contributed by atoms with E-state index in [4.69, 9.17) is 10.2 Å². The Morgan fingerprint density at radius 2 is 2.06 bits per heavy atom. The van der Waals surface area contributed by atoms with Gasteiger partial charge in [-0.25, -0.2) is 4.39 Å². The van der Waals surface area contributed by atoms with E-state index in [0.717, 1.165) is 5.56 Å². The molecule has 0 radical (unpaired) electrons. The average Bonchev–Trinajstić information content (AvgIpc) is 2.77. The van der Waals surface area contributed by atoms with Gasteiger partial charge >= 0.3 is 6.01 Å². The van der Waals surface area contributed by atoms with Crippen LogP contribution >= 0.6 is 0 Å². The first-order valence-corrected chi connectivity index (χ1v) is 5.22. The van der Waals surface area contributed by atoms with Crippen LogP contribution in [0.3, 0.4) is 0 Å². The molecule has 1 atom stereocenters. The maximum absolute atomic E-state index is 12.7. The Hall–Kier alpha value is -1.95. The number of nitrogens with one attached hydrogen (secondary N) is 1. The highest BCUT2D eigenvalue weighted by atomic mass is 19.1. The minimum Gasteiger partial charge on any atom is -0.406 e. The van der Waals surface area contributed by atoms with Gasteiger partial charge < -0.3 is 15.5 Å². The van der Waals surface area contributed by atoms with E-state index in [0.29, 0.717) is 18.5 Å². The van der Waals surface area contributed by atoms with Gasteiger partial charge in [0.25, 0.3) is 0 Å². The fourth-order valence-electron chi connectivity index (χ4n) is 1.27. The summed E-state index contributed by atoms with van der Waals surface area (Å²) in [6.07, 6.45) is 0. The molecule has 6 heteroatoms. The van der Waals surface area contributed by atoms with E-state index in [9.17, 15) is 4.39 Å². The summed E-state index contributed by atoms with van der Waals surface area (Å²) < 4.78 is 17.9. The van der Waals surface area contributed by atoms with Gasteiger partial charge in [0.2, 0.25) is 5.89 Å². The molecule has 0 spiro atoms. The lowest BCUT2D eigenvalue weighted by Crippen LogP contribution is -2.04. The molecule has 0 aliphatic carbocycles. The smallest absolute Gasteiger partial charge is 0.315 e. The molecule has 90 valence electrons. The van der Waals surface area contributed by atoms with Crippen molar-refractivity contribution in [2.75, 3.05) is 5.32 Å². The zero-order chi connectivity index (χ0) is 12.3. The SMILES string of the molecule is CC(N)c1nnc(NCc2ccc(F)cc2)o1. The molecule has 0 saturated heterocycles. The van der Waals surface area contributed by atoms with E-state index >= 15 is 0 Å². The summed E-state index contributed by atoms with van der Waals surface area (Å²) in [4.78, 5) is 0. The van der Waals surface area contributed by atoms with Crippen LogP contribution in [0.5, 0.6) is 0 Å². The maximum Gasteiger partial charge on any atom is 0.315 e. The van der Waals surface area contributed by atoms with Crippen LogP contribution < -0.4 is 11.1 Å². The number of benzene rings is 1. The number of halogens is 1. The van der Waals surface area contributed by atoms with Crippen molar-refractivity contribution in [3.05, 3.63) is 41.5 Å². The quantitative estimate of drug-likeness (QED) is 0.847. The first-order valence-electron chi connectivity index (χ1n) is 5.22. The lowest BCUT2D eigenvalue weighted by molar-refractivity contribution is 0.472. The molecule has 0 amide bonds. The number of aromatic nitrogens is 2. The summed E-state index contributed by atoms with van der Waals surface area (Å²) in [5.41, 5.74) is 6.51. The van der Waals surface area contributed by atoms with Gasteiger partial charge in [0.1, 0.15) is 5.82 Å². The van der Waals surface area contributed by atoms with Crippen molar-refractivity contribution in [1.29, 1.82) is 0 Å². The monoisotopic (exact) mass is 236 g/mol. The van der Waals surface area contributed by atoms with Crippen LogP contribution in [0, 0.1) is 5.82 Å². The average molecular weight is 236 g/mol. The van der Waals surface area contributed by atoms with Gasteiger partial charge in [-0.1, -0.05) is 17.2 Å². The van der Waals surface area contributed by atoms with Gasteiger partial charge in [-0.2, -0.15) is 0 Å². The second-order valence-corrected chi connectivity index (χ2v) is 3.71. The van der Waals surface area contributed by atoms with E-state index in [2.05, 4.69) is 15.5 Å². The molecule has 1 unspecified atom stereocenters. The fourth-order valence-corrected chi connectivity index (χ4v) is 1.27. The Balaban J connectivity index is 1.95. The Kier molecular flexibility index (Phi) is 3.34. The van der Waals surface area contributed by atoms with Crippen molar-refractivity contribution >= 4 is 6.01 Å². The third-order valence-corrected chi connectivity index (χ3v) is 2.19. The second kappa shape index (κ2) is 4.92. The number of anilines is 1. The minimum absolute atomic E-state index is 0.259. The molecule has 5 nitrogen and oxygen atoms in total. The van der Waals surface area contributed by atoms with Crippen molar-refractivity contribution in [2.45, 2.75) is 19.5 Å². The largest absolute Gasteiger partial charge is 0.406 e. The van der Waals surface area contributed by atoms with E-state index in [1.54, 1.807) is 19.1 Å². The molecule has 0 fully saturated rings. The number of nitrogens with two attached hydrogens (primary N) is 1. The second-order valence-electron chi connectivity index (χ2n) is 3.71. The van der Waals surface area contributed by atoms with Gasteiger partial charge in [-0.05, 0) is 24.6 Å². The highest BCUT2D eigenvalue weighted by Crippen LogP contribution is 2.12. The zero-order valence-corrected chi connectivity index (χ0v) is 9.35. The Morgan fingerprint density at radius 1 is 1.35 bits per heavy atom. The van der Waals surface area contributed by atoms with Crippen LogP contribution in [0.4, 0.5) is 10.4 Å². The molecule has 1 heterocycles. The molecule has 0 saturated carbocycles. The topological polar surface area (TPSA) is 77.0 Å². The summed E-state index contributed by atoms with van der Waals surface area (Å²) in [6, 6.07) is 6.19. The summed E-state index contributed by atoms with van der Waals surface area (Å²) in [5, 5.41) is 10.5. The van der Waals surface area contributed by atoms with E-state index in [1.165, 1.54) is 12.1 Å². The number of nitrogens with zero attached hydrogens (tertiary/aromatic N) is 2. The van der Waals surface area contributed by atoms with Crippen LogP contribution in [0.25, 0.3) is 0 Å². The molecule has 2 rings (SSSR count). The molecule has 17 heavy (non-hydrogen) atoms. The number of hydrogen-bond acceptors (Lipinski definition) is 5. The molecule has 1 aromatic heterocycles. The van der Waals surface area contributed by atoms with Gasteiger partial charge in [0, 0.05) is 6.54 Å². The van der Waals surface area contributed by atoms with Crippen molar-refractivity contribution in [3.8, 4) is 0 Å². The van der Waals surface area contributed by atoms with Crippen LogP contribution in [0.15, 0.2) is 28.7 Å². The van der Waals surface area contributed by atoms with Crippen LogP contribution in [-0.4, -0.2) is 10.2 Å². The third kappa shape index (κ3) is 3.01. The van der Waals surface area contributed by atoms with Crippen molar-refractivity contribution in [1.82, 2.24) is 10.2 Å². The molecule has 0 aliphatic heterocycles. The van der Waals surface area contributed by atoms with Gasteiger partial charge in [0.15, 0.2) is 0 Å². The summed E-state index contributed by atoms with van der Waals surface area (Å²) in [7, 11) is 0. The van der Waals surface area contributed by atoms with Crippen molar-refractivity contribution < 1.29 is 8.81 Å². The van der Waals surface area contributed by atoms with Gasteiger partial charge in [-0.3, -0.25) is 0 Å². The van der Waals surface area contributed by atoms with Gasteiger partial charge in [-0.15, -0.1) is 5.10 Å². The Morgan fingerprint density at radius 3 is 2.65 bits per heavy atom. The molecule has 1 aromatic carbocycles. The first-order chi connectivity index (χ1) is 8.15. The zero-order valence-electron chi connectivity index (χ0n) is 9.35. The highest BCUT2D eigenvalue weighted by molar-refractivity contribution is 5.24. The summed E-state index contributed by atoms with van der Waals surface area (Å²) in [6.45, 7) is 2.25. The fraction of sp³-hybridized carbons (Fsp3) is 0.273. The standard InChI is InChI=1S/C11H13FN4O/c1-7(13)10-15-16-11(17-10)14-6-8-2-4-9(12)5-3-8/h2-5,7H,6,13H2,1H3,(H,14,16). The predicted octanol–water partition coefficient (Wildman–Crippen LogP) is 1.84. The molecular formula is C11H13FN4O. The lowest BCUT2D eigenvalue weighted by Gasteiger charge is -2.01. The normalized spacial score (nSPS) is 12.4. The maximum atomic E-state index is 12.7. The Labute approximate surface area is 97.8 Å². The molecule has 0 bridgehead atoms. The van der Waals surface area contributed by atoms with Crippen molar-refractivity contribution in [2.24, 2.45) is 5.73 Å². The molecule has 0 aliphatic rings. The van der Waals surface area contributed by atoms with Crippen molar-refractivity contribution in [3.63, 3.8) is 0 Å². The highest BCUT2D eigenvalue weighted by Gasteiger charge is 2.09. The molecule has 2 aromatic rings. The third-order valence-electron chi connectivity index (χ3n) is 2.19. The summed E-state index contributed by atoms with van der Waals surface area (Å²) >= 11 is 0. The van der Waals surface area contributed by atoms with E-state index in [-0.39, 0.29) is 11.9 Å². The van der Waals surface area contributed by atoms with Gasteiger partial charge in [0.05, 0.1) is 6.04 Å². The van der Waals surface area contributed by atoms with E-state index < -0.39 is 0 Å². The number of hydrogen-bond donors (Lipinski definition) is 2. The predicted molar refractivity (Wildman–Crippen MR) is 60.6 cm³/mol.